The van der Waals surface area contributed by atoms with Gasteiger partial charge >= 0.3 is 0 Å². The van der Waals surface area contributed by atoms with E-state index < -0.39 is 0 Å². The molecule has 1 unspecified atom stereocenters. The minimum Gasteiger partial charge on any atom is -0.151 e. The van der Waals surface area contributed by atoms with Crippen LogP contribution >= 0.6 is 0 Å². The van der Waals surface area contributed by atoms with Crippen LogP contribution in [-0.2, 0) is 0 Å². The third-order valence-electron chi connectivity index (χ3n) is 1.46. The molecule has 0 saturated carbocycles. The van der Waals surface area contributed by atoms with Crippen molar-refractivity contribution < 1.29 is 0 Å². The molecule has 1 atom stereocenters. The Balaban J connectivity index is 4.03. The van der Waals surface area contributed by atoms with Gasteiger partial charge in [0.25, 0.3) is 0 Å². The summed E-state index contributed by atoms with van der Waals surface area (Å²) in [7, 11) is 0. The highest BCUT2D eigenvalue weighted by molar-refractivity contribution is 5.20. The molecule has 0 aliphatic carbocycles. The van der Waals surface area contributed by atoms with E-state index in [1.807, 2.05) is 26.8 Å². The highest BCUT2D eigenvalue weighted by Crippen LogP contribution is 2.11. The van der Waals surface area contributed by atoms with E-state index >= 15 is 0 Å². The Bertz CT molecular complexity index is 178. The van der Waals surface area contributed by atoms with E-state index in [-0.39, 0.29) is 5.92 Å². The van der Waals surface area contributed by atoms with E-state index in [0.717, 1.165) is 5.57 Å². The molecule has 0 heterocycles. The lowest BCUT2D eigenvalue weighted by atomic mass is 10.0. The van der Waals surface area contributed by atoms with Crippen molar-refractivity contribution in [1.82, 2.24) is 0 Å². The van der Waals surface area contributed by atoms with Crippen LogP contribution in [0, 0.1) is 10.8 Å². The topological polar surface area (TPSA) is 29.4 Å². The normalized spacial score (nSPS) is 11.9. The van der Waals surface area contributed by atoms with E-state index in [9.17, 15) is 4.91 Å². The van der Waals surface area contributed by atoms with Crippen LogP contribution in [0.25, 0.3) is 0 Å². The lowest BCUT2D eigenvalue weighted by molar-refractivity contribution is 0.709. The minimum absolute atomic E-state index is 0.169. The molecule has 0 aromatic carbocycles. The molecule has 0 saturated heterocycles. The molecule has 0 aliphatic heterocycles. The second kappa shape index (κ2) is 4.83. The van der Waals surface area contributed by atoms with Crippen LogP contribution in [0.5, 0.6) is 0 Å². The maximum absolute atomic E-state index is 9.89. The summed E-state index contributed by atoms with van der Waals surface area (Å²) in [6.07, 6.45) is 1.98. The molecule has 0 aromatic rings. The molecule has 0 amide bonds. The van der Waals surface area contributed by atoms with Gasteiger partial charge in [-0.2, -0.15) is 4.91 Å². The summed E-state index contributed by atoms with van der Waals surface area (Å²) in [5, 5.41) is 2.82. The summed E-state index contributed by atoms with van der Waals surface area (Å²) in [4.78, 5) is 9.89. The predicted octanol–water partition coefficient (Wildman–Crippen LogP) is 2.91. The van der Waals surface area contributed by atoms with Gasteiger partial charge in [-0.25, -0.2) is 0 Å². The Kier molecular flexibility index (Phi) is 4.42. The van der Waals surface area contributed by atoms with Crippen molar-refractivity contribution in [1.29, 1.82) is 0 Å². The Morgan fingerprint density at radius 3 is 2.55 bits per heavy atom. The fourth-order valence-corrected chi connectivity index (χ4v) is 0.742. The number of hydrogen-bond donors (Lipinski definition) is 0. The zero-order valence-electron chi connectivity index (χ0n) is 7.42. The van der Waals surface area contributed by atoms with Gasteiger partial charge in [-0.3, -0.25) is 0 Å². The summed E-state index contributed by atoms with van der Waals surface area (Å²) >= 11 is 0. The maximum atomic E-state index is 9.89. The molecule has 11 heavy (non-hydrogen) atoms. The molecule has 2 nitrogen and oxygen atoms in total. The summed E-state index contributed by atoms with van der Waals surface area (Å²) in [5.74, 6) is 0.169. The number of nitroso groups, excluding NO2 is 1. The molecule has 0 rings (SSSR count). The van der Waals surface area contributed by atoms with Gasteiger partial charge in [0.2, 0.25) is 0 Å². The van der Waals surface area contributed by atoms with E-state index in [1.54, 1.807) is 0 Å². The van der Waals surface area contributed by atoms with Gasteiger partial charge in [-0.05, 0) is 13.8 Å². The van der Waals surface area contributed by atoms with E-state index in [1.165, 1.54) is 5.57 Å². The van der Waals surface area contributed by atoms with Gasteiger partial charge in [0.05, 0.1) is 6.54 Å². The Labute approximate surface area is 68.0 Å². The molecule has 0 N–H and O–H groups in total. The zero-order valence-corrected chi connectivity index (χ0v) is 7.42. The third-order valence-corrected chi connectivity index (χ3v) is 1.46. The second-order valence-electron chi connectivity index (χ2n) is 3.01. The van der Waals surface area contributed by atoms with Crippen LogP contribution in [0.3, 0.4) is 0 Å². The summed E-state index contributed by atoms with van der Waals surface area (Å²) in [5.41, 5.74) is 2.18. The fraction of sp³-hybridized carbons (Fsp3) is 0.556. The van der Waals surface area contributed by atoms with E-state index in [2.05, 4.69) is 11.8 Å². The molecule has 2 heteroatoms. The average Bonchev–Trinajstić information content (AvgIpc) is 1.86. The van der Waals surface area contributed by atoms with Gasteiger partial charge in [0.1, 0.15) is 0 Å². The van der Waals surface area contributed by atoms with Crippen molar-refractivity contribution in [2.75, 3.05) is 6.54 Å². The highest BCUT2D eigenvalue weighted by Gasteiger charge is 2.02. The molecular weight excluding hydrogens is 138 g/mol. The Morgan fingerprint density at radius 1 is 1.64 bits per heavy atom. The fourth-order valence-electron chi connectivity index (χ4n) is 0.742. The van der Waals surface area contributed by atoms with Gasteiger partial charge in [0, 0.05) is 5.92 Å². The quantitative estimate of drug-likeness (QED) is 0.451. The molecule has 0 aromatic heterocycles. The Hall–Kier alpha value is -0.920. The SMILES string of the molecule is C=C(C=C(C)C)C(C)CN=O. The smallest absolute Gasteiger partial charge is 0.0876 e. The van der Waals surface area contributed by atoms with Crippen LogP contribution in [0.4, 0.5) is 0 Å². The first-order valence-corrected chi connectivity index (χ1v) is 3.70. The zero-order chi connectivity index (χ0) is 8.85. The van der Waals surface area contributed by atoms with Gasteiger partial charge in [0.15, 0.2) is 0 Å². The van der Waals surface area contributed by atoms with Crippen LogP contribution in [0.2, 0.25) is 0 Å². The van der Waals surface area contributed by atoms with E-state index in [4.69, 9.17) is 0 Å². The predicted molar refractivity (Wildman–Crippen MR) is 48.4 cm³/mol. The Morgan fingerprint density at radius 2 is 2.18 bits per heavy atom. The van der Waals surface area contributed by atoms with Crippen LogP contribution in [0.15, 0.2) is 29.0 Å². The summed E-state index contributed by atoms with van der Waals surface area (Å²) < 4.78 is 0. The van der Waals surface area contributed by atoms with Gasteiger partial charge in [-0.15, -0.1) is 0 Å². The standard InChI is InChI=1S/C9H15NO/c1-7(2)5-8(3)9(4)6-10-11/h5,9H,3,6H2,1-2,4H3. The van der Waals surface area contributed by atoms with Crippen molar-refractivity contribution in [3.8, 4) is 0 Å². The van der Waals surface area contributed by atoms with Crippen LogP contribution in [-0.4, -0.2) is 6.54 Å². The first kappa shape index (κ1) is 10.1. The van der Waals surface area contributed by atoms with Gasteiger partial charge in [-0.1, -0.05) is 35.9 Å². The highest BCUT2D eigenvalue weighted by atomic mass is 16.3. The number of allylic oxidation sites excluding steroid dienone is 2. The number of nitrogens with zero attached hydrogens (tertiary/aromatic N) is 1. The monoisotopic (exact) mass is 153 g/mol. The molecule has 0 fully saturated rings. The van der Waals surface area contributed by atoms with Gasteiger partial charge < -0.3 is 0 Å². The summed E-state index contributed by atoms with van der Waals surface area (Å²) in [6, 6.07) is 0. The molecule has 0 bridgehead atoms. The first-order valence-electron chi connectivity index (χ1n) is 3.70. The summed E-state index contributed by atoms with van der Waals surface area (Å²) in [6.45, 7) is 10.1. The van der Waals surface area contributed by atoms with Crippen molar-refractivity contribution in [3.05, 3.63) is 28.7 Å². The largest absolute Gasteiger partial charge is 0.151 e. The van der Waals surface area contributed by atoms with Crippen molar-refractivity contribution >= 4 is 0 Å². The maximum Gasteiger partial charge on any atom is 0.0876 e. The molecule has 62 valence electrons. The van der Waals surface area contributed by atoms with Crippen LogP contribution < -0.4 is 0 Å². The third kappa shape index (κ3) is 4.48. The lowest BCUT2D eigenvalue weighted by Crippen LogP contribution is -1.99. The minimum atomic E-state index is 0.169. The number of rotatable bonds is 4. The van der Waals surface area contributed by atoms with Crippen molar-refractivity contribution in [2.24, 2.45) is 11.1 Å². The number of hydrogen-bond acceptors (Lipinski definition) is 2. The molecular formula is C9H15NO. The van der Waals surface area contributed by atoms with Crippen molar-refractivity contribution in [2.45, 2.75) is 20.8 Å². The molecule has 0 aliphatic rings. The lowest BCUT2D eigenvalue weighted by Gasteiger charge is -2.06. The first-order chi connectivity index (χ1) is 5.07. The van der Waals surface area contributed by atoms with Crippen LogP contribution in [0.1, 0.15) is 20.8 Å². The molecule has 0 radical (unpaired) electrons. The van der Waals surface area contributed by atoms with E-state index in [0.29, 0.717) is 6.54 Å². The average molecular weight is 153 g/mol. The second-order valence-corrected chi connectivity index (χ2v) is 3.01. The van der Waals surface area contributed by atoms with Crippen molar-refractivity contribution in [3.63, 3.8) is 0 Å². The molecule has 0 spiro atoms.